The number of amides is 1. The van der Waals surface area contributed by atoms with Crippen LogP contribution >= 0.6 is 0 Å². The molecule has 0 N–H and O–H groups in total. The normalized spacial score (nSPS) is 25.4. The minimum atomic E-state index is 0.198. The van der Waals surface area contributed by atoms with Crippen LogP contribution in [0.5, 0.6) is 0 Å². The van der Waals surface area contributed by atoms with E-state index in [0.29, 0.717) is 18.6 Å². The predicted octanol–water partition coefficient (Wildman–Crippen LogP) is 2.31. The standard InChI is InChI=1S/C23H36N4O2/c1-18-4-3-5-20(24-18)16-26-11-8-21(9-12-26)27-13-6-19(7-14-27)23(28)25(2)22-10-15-29-17-22/h3-5,19,21-22H,6-17H2,1-2H3/t22-/m0/s1. The molecule has 1 amide bonds. The van der Waals surface area contributed by atoms with Crippen molar-refractivity contribution in [3.8, 4) is 0 Å². The zero-order chi connectivity index (χ0) is 20.2. The molecule has 1 aromatic heterocycles. The van der Waals surface area contributed by atoms with Gasteiger partial charge >= 0.3 is 0 Å². The van der Waals surface area contributed by atoms with Gasteiger partial charge in [-0.15, -0.1) is 0 Å². The third kappa shape index (κ3) is 5.16. The first-order chi connectivity index (χ1) is 14.1. The second kappa shape index (κ2) is 9.54. The molecule has 0 unspecified atom stereocenters. The number of carbonyl (C=O) groups is 1. The van der Waals surface area contributed by atoms with Gasteiger partial charge in [0.15, 0.2) is 0 Å². The van der Waals surface area contributed by atoms with E-state index < -0.39 is 0 Å². The van der Waals surface area contributed by atoms with Crippen LogP contribution in [0.2, 0.25) is 0 Å². The van der Waals surface area contributed by atoms with Crippen LogP contribution in [0, 0.1) is 12.8 Å². The second-order valence-electron chi connectivity index (χ2n) is 9.05. The number of likely N-dealkylation sites (N-methyl/N-ethyl adjacent to an activating group) is 1. The van der Waals surface area contributed by atoms with Crippen molar-refractivity contribution in [2.45, 2.75) is 57.7 Å². The Bertz CT molecular complexity index is 675. The van der Waals surface area contributed by atoms with Gasteiger partial charge in [-0.1, -0.05) is 6.07 Å². The summed E-state index contributed by atoms with van der Waals surface area (Å²) < 4.78 is 5.45. The molecule has 0 bridgehead atoms. The number of aromatic nitrogens is 1. The maximum atomic E-state index is 12.8. The summed E-state index contributed by atoms with van der Waals surface area (Å²) in [6.45, 7) is 8.93. The van der Waals surface area contributed by atoms with E-state index in [1.165, 1.54) is 18.5 Å². The highest BCUT2D eigenvalue weighted by Crippen LogP contribution is 2.26. The van der Waals surface area contributed by atoms with Crippen molar-refractivity contribution in [2.24, 2.45) is 5.92 Å². The van der Waals surface area contributed by atoms with Gasteiger partial charge in [-0.05, 0) is 64.3 Å². The molecule has 3 aliphatic rings. The van der Waals surface area contributed by atoms with Crippen LogP contribution in [0.4, 0.5) is 0 Å². The highest BCUT2D eigenvalue weighted by molar-refractivity contribution is 5.79. The zero-order valence-corrected chi connectivity index (χ0v) is 18.1. The molecule has 6 heteroatoms. The summed E-state index contributed by atoms with van der Waals surface area (Å²) in [5, 5.41) is 0. The second-order valence-corrected chi connectivity index (χ2v) is 9.05. The van der Waals surface area contributed by atoms with Gasteiger partial charge in [-0.25, -0.2) is 0 Å². The lowest BCUT2D eigenvalue weighted by Crippen LogP contribution is -2.50. The molecule has 0 spiro atoms. The molecule has 160 valence electrons. The van der Waals surface area contributed by atoms with E-state index in [9.17, 15) is 4.79 Å². The monoisotopic (exact) mass is 400 g/mol. The molecule has 0 radical (unpaired) electrons. The zero-order valence-electron chi connectivity index (χ0n) is 18.1. The van der Waals surface area contributed by atoms with Crippen molar-refractivity contribution >= 4 is 5.91 Å². The highest BCUT2D eigenvalue weighted by atomic mass is 16.5. The fourth-order valence-electron chi connectivity index (χ4n) is 5.17. The van der Waals surface area contributed by atoms with E-state index >= 15 is 0 Å². The Morgan fingerprint density at radius 2 is 1.90 bits per heavy atom. The summed E-state index contributed by atoms with van der Waals surface area (Å²) in [5.74, 6) is 0.532. The number of aryl methyl sites for hydroxylation is 1. The van der Waals surface area contributed by atoms with Crippen LogP contribution in [0.1, 0.15) is 43.5 Å². The molecular formula is C23H36N4O2. The summed E-state index contributed by atoms with van der Waals surface area (Å²) >= 11 is 0. The number of likely N-dealkylation sites (tertiary alicyclic amines) is 2. The van der Waals surface area contributed by atoms with E-state index in [1.54, 1.807) is 0 Å². The Morgan fingerprint density at radius 1 is 1.14 bits per heavy atom. The SMILES string of the molecule is Cc1cccc(CN2CCC(N3CCC(C(=O)N(C)[C@H]4CCOC4)CC3)CC2)n1. The molecule has 0 aromatic carbocycles. The van der Waals surface area contributed by atoms with E-state index in [4.69, 9.17) is 4.74 Å². The van der Waals surface area contributed by atoms with Gasteiger partial charge in [0.05, 0.1) is 18.3 Å². The Kier molecular flexibility index (Phi) is 6.83. The fourth-order valence-corrected chi connectivity index (χ4v) is 5.17. The Hall–Kier alpha value is -1.50. The van der Waals surface area contributed by atoms with Gasteiger partial charge in [0.25, 0.3) is 0 Å². The average Bonchev–Trinajstić information content (AvgIpc) is 3.28. The number of ether oxygens (including phenoxy) is 1. The molecule has 3 fully saturated rings. The third-order valence-corrected chi connectivity index (χ3v) is 7.08. The van der Waals surface area contributed by atoms with Gasteiger partial charge in [0, 0.05) is 50.9 Å². The minimum Gasteiger partial charge on any atom is -0.379 e. The van der Waals surface area contributed by atoms with Crippen LogP contribution < -0.4 is 0 Å². The first-order valence-corrected chi connectivity index (χ1v) is 11.3. The molecule has 1 atom stereocenters. The van der Waals surface area contributed by atoms with Crippen LogP contribution in [0.3, 0.4) is 0 Å². The maximum absolute atomic E-state index is 12.8. The predicted molar refractivity (Wildman–Crippen MR) is 114 cm³/mol. The van der Waals surface area contributed by atoms with Crippen molar-refractivity contribution < 1.29 is 9.53 Å². The number of hydrogen-bond donors (Lipinski definition) is 0. The molecule has 1 aromatic rings. The number of pyridine rings is 1. The highest BCUT2D eigenvalue weighted by Gasteiger charge is 2.34. The summed E-state index contributed by atoms with van der Waals surface area (Å²) in [4.78, 5) is 24.6. The van der Waals surface area contributed by atoms with Crippen molar-refractivity contribution in [3.63, 3.8) is 0 Å². The number of nitrogens with zero attached hydrogens (tertiary/aromatic N) is 4. The number of rotatable bonds is 5. The molecule has 3 aliphatic heterocycles. The van der Waals surface area contributed by atoms with Crippen molar-refractivity contribution in [1.82, 2.24) is 19.7 Å². The first-order valence-electron chi connectivity index (χ1n) is 11.3. The summed E-state index contributed by atoms with van der Waals surface area (Å²) in [6.07, 6.45) is 5.44. The van der Waals surface area contributed by atoms with E-state index in [2.05, 4.69) is 39.9 Å². The van der Waals surface area contributed by atoms with E-state index in [1.807, 2.05) is 11.9 Å². The molecule has 3 saturated heterocycles. The lowest BCUT2D eigenvalue weighted by Gasteiger charge is -2.42. The molecule has 0 aliphatic carbocycles. The van der Waals surface area contributed by atoms with Crippen molar-refractivity contribution in [2.75, 3.05) is 46.4 Å². The summed E-state index contributed by atoms with van der Waals surface area (Å²) in [6, 6.07) is 7.26. The number of carbonyl (C=O) groups excluding carboxylic acids is 1. The largest absolute Gasteiger partial charge is 0.379 e. The molecular weight excluding hydrogens is 364 g/mol. The van der Waals surface area contributed by atoms with Crippen LogP contribution in [-0.4, -0.2) is 84.1 Å². The molecule has 29 heavy (non-hydrogen) atoms. The van der Waals surface area contributed by atoms with Gasteiger partial charge in [0.2, 0.25) is 5.91 Å². The Morgan fingerprint density at radius 3 is 2.55 bits per heavy atom. The van der Waals surface area contributed by atoms with Gasteiger partial charge in [-0.3, -0.25) is 14.7 Å². The Labute approximate surface area is 175 Å². The third-order valence-electron chi connectivity index (χ3n) is 7.08. The lowest BCUT2D eigenvalue weighted by atomic mass is 9.92. The molecule has 0 saturated carbocycles. The van der Waals surface area contributed by atoms with Crippen LogP contribution in [0.15, 0.2) is 18.2 Å². The summed E-state index contributed by atoms with van der Waals surface area (Å²) in [5.41, 5.74) is 2.28. The van der Waals surface area contributed by atoms with Gasteiger partial charge < -0.3 is 14.5 Å². The van der Waals surface area contributed by atoms with Crippen LogP contribution in [0.25, 0.3) is 0 Å². The van der Waals surface area contributed by atoms with Gasteiger partial charge in [-0.2, -0.15) is 0 Å². The van der Waals surface area contributed by atoms with E-state index in [0.717, 1.165) is 64.3 Å². The Balaban J connectivity index is 1.20. The summed E-state index contributed by atoms with van der Waals surface area (Å²) in [7, 11) is 1.97. The number of hydrogen-bond acceptors (Lipinski definition) is 5. The average molecular weight is 401 g/mol. The maximum Gasteiger partial charge on any atom is 0.225 e. The van der Waals surface area contributed by atoms with Crippen molar-refractivity contribution in [1.29, 1.82) is 0 Å². The minimum absolute atomic E-state index is 0.198. The topological polar surface area (TPSA) is 48.9 Å². The lowest BCUT2D eigenvalue weighted by molar-refractivity contribution is -0.138. The number of piperidine rings is 2. The molecule has 6 nitrogen and oxygen atoms in total. The fraction of sp³-hybridized carbons (Fsp3) is 0.739. The van der Waals surface area contributed by atoms with Gasteiger partial charge in [0.1, 0.15) is 0 Å². The first kappa shape index (κ1) is 20.8. The van der Waals surface area contributed by atoms with E-state index in [-0.39, 0.29) is 12.0 Å². The van der Waals surface area contributed by atoms with Crippen molar-refractivity contribution in [3.05, 3.63) is 29.6 Å². The quantitative estimate of drug-likeness (QED) is 0.759. The smallest absolute Gasteiger partial charge is 0.225 e. The molecule has 4 heterocycles. The molecule has 4 rings (SSSR count). The van der Waals surface area contributed by atoms with Crippen LogP contribution in [-0.2, 0) is 16.1 Å².